The topological polar surface area (TPSA) is 81.9 Å². The number of carbonyl (C=O) groups excluding carboxylic acids is 2. The van der Waals surface area contributed by atoms with E-state index in [1.165, 1.54) is 0 Å². The van der Waals surface area contributed by atoms with Crippen molar-refractivity contribution in [2.75, 3.05) is 14.1 Å². The lowest BCUT2D eigenvalue weighted by Crippen LogP contribution is -2.71. The Labute approximate surface area is 88.8 Å². The number of nitrogens with one attached hydrogen (secondary N) is 1. The fourth-order valence-electron chi connectivity index (χ4n) is 1.40. The van der Waals surface area contributed by atoms with Gasteiger partial charge in [0.1, 0.15) is 0 Å². The Morgan fingerprint density at radius 1 is 1.40 bits per heavy atom. The molecule has 1 aliphatic heterocycles. The van der Waals surface area contributed by atoms with Crippen LogP contribution in [0.3, 0.4) is 0 Å². The first-order valence-corrected chi connectivity index (χ1v) is 4.70. The van der Waals surface area contributed by atoms with Crippen molar-refractivity contribution >= 4 is 12.1 Å². The number of amides is 4. The van der Waals surface area contributed by atoms with Gasteiger partial charge in [-0.1, -0.05) is 0 Å². The average Bonchev–Trinajstić information content (AvgIpc) is 2.10. The van der Waals surface area contributed by atoms with Crippen LogP contribution in [0.2, 0.25) is 0 Å². The normalized spacial score (nSPS) is 22.7. The SMILES string of the molecule is CC(C)N1C(=O)NC(N(C)C)N(N)C1=O. The number of urea groups is 2. The first kappa shape index (κ1) is 11.7. The second kappa shape index (κ2) is 4.03. The van der Waals surface area contributed by atoms with Gasteiger partial charge in [-0.2, -0.15) is 0 Å². The molecule has 0 radical (unpaired) electrons. The molecule has 4 amide bonds. The first-order chi connectivity index (χ1) is 6.86. The van der Waals surface area contributed by atoms with Gasteiger partial charge in [-0.25, -0.2) is 25.3 Å². The highest BCUT2D eigenvalue weighted by Gasteiger charge is 2.39. The minimum absolute atomic E-state index is 0.216. The lowest BCUT2D eigenvalue weighted by atomic mass is 10.3. The summed E-state index contributed by atoms with van der Waals surface area (Å²) in [5.41, 5.74) is 0. The molecule has 1 unspecified atom stereocenters. The summed E-state index contributed by atoms with van der Waals surface area (Å²) in [6, 6.07) is -1.13. The van der Waals surface area contributed by atoms with E-state index in [1.807, 2.05) is 0 Å². The van der Waals surface area contributed by atoms with Gasteiger partial charge in [0, 0.05) is 6.04 Å². The lowest BCUT2D eigenvalue weighted by Gasteiger charge is -2.42. The van der Waals surface area contributed by atoms with Crippen molar-refractivity contribution in [3.63, 3.8) is 0 Å². The fraction of sp³-hybridized carbons (Fsp3) is 0.750. The van der Waals surface area contributed by atoms with Crippen LogP contribution in [-0.2, 0) is 0 Å². The van der Waals surface area contributed by atoms with E-state index in [1.54, 1.807) is 32.8 Å². The first-order valence-electron chi connectivity index (χ1n) is 4.70. The van der Waals surface area contributed by atoms with Crippen molar-refractivity contribution in [3.8, 4) is 0 Å². The van der Waals surface area contributed by atoms with E-state index in [0.717, 1.165) is 9.91 Å². The third-order valence-electron chi connectivity index (χ3n) is 2.17. The molecule has 1 atom stereocenters. The molecule has 0 bridgehead atoms. The predicted molar refractivity (Wildman–Crippen MR) is 54.4 cm³/mol. The minimum Gasteiger partial charge on any atom is -0.303 e. The zero-order valence-corrected chi connectivity index (χ0v) is 9.39. The number of imide groups is 1. The molecule has 0 aromatic carbocycles. The van der Waals surface area contributed by atoms with Crippen LogP contribution in [0.25, 0.3) is 0 Å². The predicted octanol–water partition coefficient (Wildman–Crippen LogP) is -0.439. The molecular weight excluding hydrogens is 198 g/mol. The summed E-state index contributed by atoms with van der Waals surface area (Å²) in [5, 5.41) is 3.62. The smallest absolute Gasteiger partial charge is 0.303 e. The molecule has 0 aromatic heterocycles. The number of rotatable bonds is 2. The van der Waals surface area contributed by atoms with E-state index >= 15 is 0 Å². The van der Waals surface area contributed by atoms with Crippen LogP contribution in [0.15, 0.2) is 0 Å². The molecule has 86 valence electrons. The third-order valence-corrected chi connectivity index (χ3v) is 2.17. The number of nitrogens with zero attached hydrogens (tertiary/aromatic N) is 3. The molecule has 0 aromatic rings. The maximum absolute atomic E-state index is 11.7. The number of hydrogen-bond donors (Lipinski definition) is 2. The molecular formula is C8H17N5O2. The van der Waals surface area contributed by atoms with Gasteiger partial charge >= 0.3 is 12.1 Å². The Kier molecular flexibility index (Phi) is 3.15. The minimum atomic E-state index is -0.597. The maximum Gasteiger partial charge on any atom is 0.345 e. The van der Waals surface area contributed by atoms with E-state index in [-0.39, 0.29) is 6.04 Å². The molecule has 15 heavy (non-hydrogen) atoms. The molecule has 7 heteroatoms. The molecule has 1 heterocycles. The Hall–Kier alpha value is -1.34. The average molecular weight is 215 g/mol. The van der Waals surface area contributed by atoms with Crippen LogP contribution in [-0.4, -0.2) is 53.3 Å². The van der Waals surface area contributed by atoms with Crippen LogP contribution in [0.1, 0.15) is 13.8 Å². The van der Waals surface area contributed by atoms with Gasteiger partial charge in [0.15, 0.2) is 6.29 Å². The quantitative estimate of drug-likeness (QED) is 0.483. The molecule has 1 fully saturated rings. The van der Waals surface area contributed by atoms with Crippen LogP contribution in [0.4, 0.5) is 9.59 Å². The summed E-state index contributed by atoms with van der Waals surface area (Å²) in [6.45, 7) is 3.50. The summed E-state index contributed by atoms with van der Waals surface area (Å²) < 4.78 is 0. The highest BCUT2D eigenvalue weighted by Crippen LogP contribution is 2.11. The monoisotopic (exact) mass is 215 g/mol. The van der Waals surface area contributed by atoms with Crippen molar-refractivity contribution in [3.05, 3.63) is 0 Å². The van der Waals surface area contributed by atoms with Gasteiger partial charge in [0.05, 0.1) is 0 Å². The van der Waals surface area contributed by atoms with Crippen molar-refractivity contribution in [1.29, 1.82) is 0 Å². The van der Waals surface area contributed by atoms with Crippen LogP contribution in [0, 0.1) is 0 Å². The summed E-state index contributed by atoms with van der Waals surface area (Å²) in [4.78, 5) is 26.1. The zero-order chi connectivity index (χ0) is 11.7. The van der Waals surface area contributed by atoms with Gasteiger partial charge in [-0.15, -0.1) is 0 Å². The summed E-state index contributed by atoms with van der Waals surface area (Å²) in [7, 11) is 3.45. The number of hydrogen-bond acceptors (Lipinski definition) is 4. The van der Waals surface area contributed by atoms with E-state index in [9.17, 15) is 9.59 Å². The third kappa shape index (κ3) is 2.02. The maximum atomic E-state index is 11.7. The lowest BCUT2D eigenvalue weighted by molar-refractivity contribution is 0.0372. The fourth-order valence-corrected chi connectivity index (χ4v) is 1.40. The number of hydrazine groups is 1. The van der Waals surface area contributed by atoms with E-state index in [2.05, 4.69) is 5.32 Å². The molecule has 7 nitrogen and oxygen atoms in total. The van der Waals surface area contributed by atoms with Crippen LogP contribution in [0.5, 0.6) is 0 Å². The summed E-state index contributed by atoms with van der Waals surface area (Å²) in [6.07, 6.45) is -0.597. The summed E-state index contributed by atoms with van der Waals surface area (Å²) in [5.74, 6) is 5.60. The molecule has 1 aliphatic rings. The van der Waals surface area contributed by atoms with Crippen molar-refractivity contribution in [2.24, 2.45) is 5.84 Å². The molecule has 0 spiro atoms. The molecule has 1 rings (SSSR count). The Bertz CT molecular complexity index is 278. The van der Waals surface area contributed by atoms with Gasteiger partial charge in [-0.05, 0) is 27.9 Å². The van der Waals surface area contributed by atoms with Crippen LogP contribution < -0.4 is 11.2 Å². The van der Waals surface area contributed by atoms with E-state index < -0.39 is 18.4 Å². The van der Waals surface area contributed by atoms with Gasteiger partial charge in [0.25, 0.3) is 0 Å². The second-order valence-electron chi connectivity index (χ2n) is 3.94. The zero-order valence-electron chi connectivity index (χ0n) is 9.39. The standard InChI is InChI=1S/C8H17N5O2/c1-5(2)12-7(14)10-6(11(3)4)13(9)8(12)15/h5-6H,9H2,1-4H3,(H,10,14). The Morgan fingerprint density at radius 2 is 1.93 bits per heavy atom. The summed E-state index contributed by atoms with van der Waals surface area (Å²) >= 11 is 0. The Morgan fingerprint density at radius 3 is 2.33 bits per heavy atom. The molecule has 0 aliphatic carbocycles. The second-order valence-corrected chi connectivity index (χ2v) is 3.94. The van der Waals surface area contributed by atoms with Gasteiger partial charge in [-0.3, -0.25) is 4.90 Å². The number of carbonyl (C=O) groups is 2. The van der Waals surface area contributed by atoms with Crippen molar-refractivity contribution in [1.82, 2.24) is 20.1 Å². The van der Waals surface area contributed by atoms with E-state index in [4.69, 9.17) is 5.84 Å². The molecule has 1 saturated heterocycles. The highest BCUT2D eigenvalue weighted by atomic mass is 16.2. The molecule has 0 saturated carbocycles. The Balaban J connectivity index is 2.89. The highest BCUT2D eigenvalue weighted by molar-refractivity contribution is 5.96. The largest absolute Gasteiger partial charge is 0.345 e. The van der Waals surface area contributed by atoms with Gasteiger partial charge in [0.2, 0.25) is 0 Å². The van der Waals surface area contributed by atoms with Crippen LogP contribution >= 0.6 is 0 Å². The number of nitrogens with two attached hydrogens (primary N) is 1. The van der Waals surface area contributed by atoms with Gasteiger partial charge < -0.3 is 5.32 Å². The van der Waals surface area contributed by atoms with Crippen molar-refractivity contribution in [2.45, 2.75) is 26.2 Å². The molecule has 3 N–H and O–H groups in total. The van der Waals surface area contributed by atoms with Crippen molar-refractivity contribution < 1.29 is 9.59 Å². The van der Waals surface area contributed by atoms with E-state index in [0.29, 0.717) is 0 Å².